The number of nitrogens with zero attached hydrogens (tertiary/aromatic N) is 2. The van der Waals surface area contributed by atoms with Crippen molar-refractivity contribution in [1.82, 2.24) is 15.6 Å². The number of hydrogen-bond donors (Lipinski definition) is 2. The van der Waals surface area contributed by atoms with Crippen molar-refractivity contribution in [3.8, 4) is 0 Å². The third-order valence-corrected chi connectivity index (χ3v) is 6.08. The number of halogens is 1. The van der Waals surface area contributed by atoms with Crippen LogP contribution in [0, 0.1) is 6.92 Å². The van der Waals surface area contributed by atoms with Crippen LogP contribution in [0.2, 0.25) is 0 Å². The molecule has 0 unspecified atom stereocenters. The van der Waals surface area contributed by atoms with E-state index in [9.17, 15) is 8.42 Å². The maximum Gasteiger partial charge on any atom is 0.191 e. The lowest BCUT2D eigenvalue weighted by atomic mass is 10.1. The molecule has 2 aromatic rings. The number of aryl methyl sites for hydroxylation is 2. The minimum Gasteiger partial charge on any atom is -0.352 e. The molecule has 0 saturated heterocycles. The molecule has 0 aliphatic carbocycles. The van der Waals surface area contributed by atoms with Crippen molar-refractivity contribution in [2.24, 2.45) is 4.99 Å². The number of rotatable bonds is 6. The molecular weight excluding hydrogens is 483 g/mol. The molecule has 0 amide bonds. The average Bonchev–Trinajstić information content (AvgIpc) is 3.02. The summed E-state index contributed by atoms with van der Waals surface area (Å²) in [6, 6.07) is 5.35. The van der Waals surface area contributed by atoms with Gasteiger partial charge in [0.1, 0.15) is 5.01 Å². The molecule has 144 valence electrons. The van der Waals surface area contributed by atoms with Gasteiger partial charge in [-0.1, -0.05) is 19.1 Å². The minimum absolute atomic E-state index is 0. The number of nitrogens with one attached hydrogen (secondary N) is 2. The van der Waals surface area contributed by atoms with E-state index in [1.54, 1.807) is 31.4 Å². The summed E-state index contributed by atoms with van der Waals surface area (Å²) in [5.74, 6) is 0.679. The smallest absolute Gasteiger partial charge is 0.191 e. The molecule has 0 fully saturated rings. The summed E-state index contributed by atoms with van der Waals surface area (Å²) < 4.78 is 23.3. The van der Waals surface area contributed by atoms with Crippen molar-refractivity contribution >= 4 is 51.1 Å². The molecule has 1 heterocycles. The number of aliphatic imine (C=N–C) groups is 1. The first-order chi connectivity index (χ1) is 11.8. The molecule has 0 bridgehead atoms. The van der Waals surface area contributed by atoms with Crippen LogP contribution < -0.4 is 10.6 Å². The topological polar surface area (TPSA) is 83.4 Å². The van der Waals surface area contributed by atoms with Crippen molar-refractivity contribution in [2.45, 2.75) is 38.3 Å². The van der Waals surface area contributed by atoms with Gasteiger partial charge in [-0.25, -0.2) is 13.4 Å². The number of hydrogen-bond acceptors (Lipinski definition) is 5. The highest BCUT2D eigenvalue weighted by Crippen LogP contribution is 2.16. The van der Waals surface area contributed by atoms with Crippen molar-refractivity contribution < 1.29 is 8.42 Å². The first kappa shape index (κ1) is 22.8. The number of thiazole rings is 1. The highest BCUT2D eigenvalue weighted by atomic mass is 127. The third kappa shape index (κ3) is 6.51. The molecular formula is C17H25IN4O2S2. The maximum absolute atomic E-state index is 11.7. The summed E-state index contributed by atoms with van der Waals surface area (Å²) in [6.45, 7) is 5.10. The fourth-order valence-corrected chi connectivity index (χ4v) is 4.16. The van der Waals surface area contributed by atoms with Gasteiger partial charge in [0.2, 0.25) is 0 Å². The lowest BCUT2D eigenvalue weighted by molar-refractivity contribution is 0.601. The summed E-state index contributed by atoms with van der Waals surface area (Å²) in [5.41, 5.74) is 1.75. The molecule has 0 spiro atoms. The summed E-state index contributed by atoms with van der Waals surface area (Å²) in [4.78, 5) is 10.2. The van der Waals surface area contributed by atoms with Gasteiger partial charge in [-0.15, -0.1) is 35.3 Å². The van der Waals surface area contributed by atoms with Crippen molar-refractivity contribution in [1.29, 1.82) is 0 Å². The third-order valence-electron chi connectivity index (χ3n) is 3.68. The summed E-state index contributed by atoms with van der Waals surface area (Å²) >= 11 is 1.69. The predicted molar refractivity (Wildman–Crippen MR) is 118 cm³/mol. The average molecular weight is 508 g/mol. The second-order valence-electron chi connectivity index (χ2n) is 5.73. The highest BCUT2D eigenvalue weighted by Gasteiger charge is 2.11. The Hall–Kier alpha value is -1.20. The Morgan fingerprint density at radius 3 is 2.50 bits per heavy atom. The SMILES string of the molecule is CCc1cnc(CNC(=NC)NCc2ccc(S(C)(=O)=O)c(C)c2)s1.I. The zero-order chi connectivity index (χ0) is 18.4. The fraction of sp³-hybridized carbons (Fsp3) is 0.412. The molecule has 0 aliphatic rings. The Morgan fingerprint density at radius 2 is 1.96 bits per heavy atom. The van der Waals surface area contributed by atoms with Crippen LogP contribution in [0.3, 0.4) is 0 Å². The van der Waals surface area contributed by atoms with Gasteiger partial charge in [0, 0.05) is 30.9 Å². The molecule has 1 aromatic carbocycles. The molecule has 2 rings (SSSR count). The van der Waals surface area contributed by atoms with Crippen molar-refractivity contribution in [2.75, 3.05) is 13.3 Å². The van der Waals surface area contributed by atoms with Crippen LogP contribution in [0.25, 0.3) is 0 Å². The van der Waals surface area contributed by atoms with Gasteiger partial charge < -0.3 is 10.6 Å². The minimum atomic E-state index is -3.19. The van der Waals surface area contributed by atoms with E-state index in [-0.39, 0.29) is 24.0 Å². The van der Waals surface area contributed by atoms with Gasteiger partial charge in [-0.05, 0) is 30.5 Å². The van der Waals surface area contributed by atoms with E-state index in [1.165, 1.54) is 11.1 Å². The standard InChI is InChI=1S/C17H24N4O2S2.HI/c1-5-14-10-19-16(24-14)11-21-17(18-3)20-9-13-6-7-15(12(2)8-13)25(4,22)23;/h6-8,10H,5,9,11H2,1-4H3,(H2,18,20,21);1H. The van der Waals surface area contributed by atoms with Crippen LogP contribution in [0.4, 0.5) is 0 Å². The molecule has 1 aromatic heterocycles. The molecule has 6 nitrogen and oxygen atoms in total. The summed E-state index contributed by atoms with van der Waals surface area (Å²) in [7, 11) is -1.47. The molecule has 9 heteroatoms. The van der Waals surface area contributed by atoms with Gasteiger partial charge in [-0.2, -0.15) is 0 Å². The molecule has 0 saturated carbocycles. The lowest BCUT2D eigenvalue weighted by Crippen LogP contribution is -2.36. The number of sulfone groups is 1. The lowest BCUT2D eigenvalue weighted by Gasteiger charge is -2.12. The molecule has 0 radical (unpaired) electrons. The predicted octanol–water partition coefficient (Wildman–Crippen LogP) is 2.90. The van der Waals surface area contributed by atoms with Gasteiger partial charge in [0.25, 0.3) is 0 Å². The Bertz CT molecular complexity index is 863. The Morgan fingerprint density at radius 1 is 1.27 bits per heavy atom. The Labute approximate surface area is 176 Å². The number of benzene rings is 1. The largest absolute Gasteiger partial charge is 0.352 e. The van der Waals surface area contributed by atoms with Gasteiger partial charge in [0.05, 0.1) is 11.4 Å². The second kappa shape index (κ2) is 10.2. The highest BCUT2D eigenvalue weighted by molar-refractivity contribution is 14.0. The maximum atomic E-state index is 11.7. The van der Waals surface area contributed by atoms with E-state index >= 15 is 0 Å². The van der Waals surface area contributed by atoms with Crippen molar-refractivity contribution in [3.63, 3.8) is 0 Å². The van der Waals surface area contributed by atoms with Crippen LogP contribution in [-0.4, -0.2) is 32.7 Å². The van der Waals surface area contributed by atoms with E-state index in [1.807, 2.05) is 18.3 Å². The summed E-state index contributed by atoms with van der Waals surface area (Å²) in [6.07, 6.45) is 4.12. The van der Waals surface area contributed by atoms with E-state index < -0.39 is 9.84 Å². The van der Waals surface area contributed by atoms with E-state index in [2.05, 4.69) is 27.5 Å². The molecule has 0 aliphatic heterocycles. The van der Waals surface area contributed by atoms with Crippen LogP contribution in [0.1, 0.15) is 27.9 Å². The molecule has 0 atom stereocenters. The van der Waals surface area contributed by atoms with Crippen molar-refractivity contribution in [3.05, 3.63) is 45.4 Å². The van der Waals surface area contributed by atoms with Crippen LogP contribution in [-0.2, 0) is 29.3 Å². The fourth-order valence-electron chi connectivity index (χ4n) is 2.40. The second-order valence-corrected chi connectivity index (χ2v) is 8.91. The normalized spacial score (nSPS) is 11.8. The van der Waals surface area contributed by atoms with Gasteiger partial charge >= 0.3 is 0 Å². The molecule has 26 heavy (non-hydrogen) atoms. The quantitative estimate of drug-likeness (QED) is 0.356. The first-order valence-electron chi connectivity index (χ1n) is 8.01. The molecule has 2 N–H and O–H groups in total. The van der Waals surface area contributed by atoms with Crippen LogP contribution in [0.5, 0.6) is 0 Å². The van der Waals surface area contributed by atoms with Gasteiger partial charge in [0.15, 0.2) is 15.8 Å². The number of aromatic nitrogens is 1. The number of guanidine groups is 1. The monoisotopic (exact) mass is 508 g/mol. The van der Waals surface area contributed by atoms with E-state index in [4.69, 9.17) is 0 Å². The van der Waals surface area contributed by atoms with E-state index in [0.29, 0.717) is 23.9 Å². The van der Waals surface area contributed by atoms with Crippen LogP contribution in [0.15, 0.2) is 34.3 Å². The van der Waals surface area contributed by atoms with Gasteiger partial charge in [-0.3, -0.25) is 4.99 Å². The zero-order valence-corrected chi connectivity index (χ0v) is 19.3. The zero-order valence-electron chi connectivity index (χ0n) is 15.4. The van der Waals surface area contributed by atoms with Crippen LogP contribution >= 0.6 is 35.3 Å². The van der Waals surface area contributed by atoms with E-state index in [0.717, 1.165) is 22.6 Å². The Balaban J connectivity index is 0.00000338. The summed E-state index contributed by atoms with van der Waals surface area (Å²) in [5, 5.41) is 7.48. The first-order valence-corrected chi connectivity index (χ1v) is 10.7. The Kier molecular flexibility index (Phi) is 8.97.